The van der Waals surface area contributed by atoms with Crippen LogP contribution in [-0.4, -0.2) is 12.8 Å². The van der Waals surface area contributed by atoms with E-state index in [1.807, 2.05) is 19.1 Å². The third kappa shape index (κ3) is 5.06. The van der Waals surface area contributed by atoms with Gasteiger partial charge in [-0.3, -0.25) is 0 Å². The fourth-order valence-electron chi connectivity index (χ4n) is 1.73. The number of aryl methyl sites for hydroxylation is 1. The molecule has 114 valence electrons. The quantitative estimate of drug-likeness (QED) is 0.858. The van der Waals surface area contributed by atoms with Gasteiger partial charge in [-0.15, -0.1) is 0 Å². The number of nitrogens with one attached hydrogen (secondary N) is 1. The summed E-state index contributed by atoms with van der Waals surface area (Å²) < 4.78 is 46.2. The summed E-state index contributed by atoms with van der Waals surface area (Å²) >= 11 is 0. The van der Waals surface area contributed by atoms with Crippen LogP contribution in [0.3, 0.4) is 0 Å². The molecule has 0 saturated carbocycles. The maximum atomic E-state index is 12.0. The van der Waals surface area contributed by atoms with Gasteiger partial charge in [0.05, 0.1) is 6.54 Å². The Balaban J connectivity index is 1.84. The van der Waals surface area contributed by atoms with Crippen molar-refractivity contribution in [3.8, 4) is 5.75 Å². The Morgan fingerprint density at radius 1 is 1.05 bits per heavy atom. The van der Waals surface area contributed by atoms with Crippen molar-refractivity contribution in [2.24, 2.45) is 0 Å². The predicted octanol–water partition coefficient (Wildman–Crippen LogP) is 4.40. The van der Waals surface area contributed by atoms with E-state index >= 15 is 0 Å². The molecule has 0 spiro atoms. The second-order valence-electron chi connectivity index (χ2n) is 4.50. The second-order valence-corrected chi connectivity index (χ2v) is 4.50. The van der Waals surface area contributed by atoms with E-state index in [9.17, 15) is 13.2 Å². The lowest BCUT2D eigenvalue weighted by atomic mass is 10.3. The van der Waals surface area contributed by atoms with Crippen molar-refractivity contribution in [2.75, 3.05) is 11.9 Å². The van der Waals surface area contributed by atoms with E-state index in [1.54, 1.807) is 12.1 Å². The van der Waals surface area contributed by atoms with E-state index in [-0.39, 0.29) is 5.75 Å². The number of benzene rings is 1. The van der Waals surface area contributed by atoms with E-state index in [2.05, 4.69) is 10.1 Å². The summed E-state index contributed by atoms with van der Waals surface area (Å²) in [5.41, 5.74) is 0.781. The number of anilines is 1. The van der Waals surface area contributed by atoms with Crippen molar-refractivity contribution >= 4 is 5.69 Å². The normalized spacial score (nSPS) is 11.4. The van der Waals surface area contributed by atoms with Gasteiger partial charge in [0, 0.05) is 12.1 Å². The molecule has 1 aromatic carbocycles. The van der Waals surface area contributed by atoms with Crippen LogP contribution in [0.4, 0.5) is 18.9 Å². The lowest BCUT2D eigenvalue weighted by Gasteiger charge is -2.10. The SMILES string of the molecule is CCc1ccc(CNc2ccc(OCC(F)(F)F)cc2)o1. The van der Waals surface area contributed by atoms with Gasteiger partial charge in [-0.05, 0) is 36.4 Å². The lowest BCUT2D eigenvalue weighted by molar-refractivity contribution is -0.153. The van der Waals surface area contributed by atoms with E-state index in [0.29, 0.717) is 6.54 Å². The molecular formula is C15H16F3NO2. The van der Waals surface area contributed by atoms with Crippen LogP contribution in [0.5, 0.6) is 5.75 Å². The lowest BCUT2D eigenvalue weighted by Crippen LogP contribution is -2.19. The highest BCUT2D eigenvalue weighted by molar-refractivity contribution is 5.46. The van der Waals surface area contributed by atoms with Crippen LogP contribution < -0.4 is 10.1 Å². The summed E-state index contributed by atoms with van der Waals surface area (Å²) in [6, 6.07) is 10.1. The Morgan fingerprint density at radius 3 is 2.29 bits per heavy atom. The van der Waals surface area contributed by atoms with Crippen molar-refractivity contribution in [3.63, 3.8) is 0 Å². The van der Waals surface area contributed by atoms with Crippen LogP contribution >= 0.6 is 0 Å². The highest BCUT2D eigenvalue weighted by Crippen LogP contribution is 2.20. The zero-order valence-corrected chi connectivity index (χ0v) is 11.5. The first-order valence-electron chi connectivity index (χ1n) is 6.57. The van der Waals surface area contributed by atoms with Gasteiger partial charge in [-0.2, -0.15) is 13.2 Å². The molecule has 2 aromatic rings. The van der Waals surface area contributed by atoms with Gasteiger partial charge in [0.15, 0.2) is 6.61 Å². The number of ether oxygens (including phenoxy) is 1. The minimum absolute atomic E-state index is 0.184. The first-order chi connectivity index (χ1) is 9.96. The minimum Gasteiger partial charge on any atom is -0.484 e. The molecule has 2 rings (SSSR count). The number of hydrogen-bond donors (Lipinski definition) is 1. The molecule has 0 bridgehead atoms. The average Bonchev–Trinajstić information content (AvgIpc) is 2.91. The molecular weight excluding hydrogens is 283 g/mol. The molecule has 6 heteroatoms. The minimum atomic E-state index is -4.33. The number of halogens is 3. The number of furan rings is 1. The van der Waals surface area contributed by atoms with Gasteiger partial charge in [-0.25, -0.2) is 0 Å². The maximum Gasteiger partial charge on any atom is 0.422 e. The predicted molar refractivity (Wildman–Crippen MR) is 73.4 cm³/mol. The number of alkyl halides is 3. The van der Waals surface area contributed by atoms with Gasteiger partial charge >= 0.3 is 6.18 Å². The first kappa shape index (κ1) is 15.3. The summed E-state index contributed by atoms with van der Waals surface area (Å²) in [6.45, 7) is 1.24. The molecule has 0 aliphatic carbocycles. The smallest absolute Gasteiger partial charge is 0.422 e. The fraction of sp³-hybridized carbons (Fsp3) is 0.333. The van der Waals surface area contributed by atoms with Crippen molar-refractivity contribution < 1.29 is 22.3 Å². The second kappa shape index (κ2) is 6.56. The highest BCUT2D eigenvalue weighted by Gasteiger charge is 2.28. The Bertz CT molecular complexity index is 561. The van der Waals surface area contributed by atoms with Gasteiger partial charge in [-0.1, -0.05) is 6.92 Å². The molecule has 0 aliphatic rings. The maximum absolute atomic E-state index is 12.0. The molecule has 1 heterocycles. The van der Waals surface area contributed by atoms with Crippen LogP contribution in [0.15, 0.2) is 40.8 Å². The summed E-state index contributed by atoms with van der Waals surface area (Å²) in [7, 11) is 0. The topological polar surface area (TPSA) is 34.4 Å². The molecule has 0 unspecified atom stereocenters. The third-order valence-electron chi connectivity index (χ3n) is 2.79. The Hall–Kier alpha value is -2.11. The van der Waals surface area contributed by atoms with E-state index in [0.717, 1.165) is 23.6 Å². The van der Waals surface area contributed by atoms with E-state index in [1.165, 1.54) is 12.1 Å². The van der Waals surface area contributed by atoms with Crippen molar-refractivity contribution in [1.29, 1.82) is 0 Å². The molecule has 1 N–H and O–H groups in total. The van der Waals surface area contributed by atoms with Gasteiger partial charge in [0.25, 0.3) is 0 Å². The first-order valence-corrected chi connectivity index (χ1v) is 6.57. The Morgan fingerprint density at radius 2 is 1.71 bits per heavy atom. The van der Waals surface area contributed by atoms with Crippen LogP contribution in [0.25, 0.3) is 0 Å². The van der Waals surface area contributed by atoms with Crippen LogP contribution in [0, 0.1) is 0 Å². The molecule has 0 fully saturated rings. The Labute approximate surface area is 120 Å². The van der Waals surface area contributed by atoms with Crippen molar-refractivity contribution in [1.82, 2.24) is 0 Å². The molecule has 0 aliphatic heterocycles. The van der Waals surface area contributed by atoms with Crippen molar-refractivity contribution in [2.45, 2.75) is 26.1 Å². The molecule has 0 amide bonds. The van der Waals surface area contributed by atoms with Gasteiger partial charge in [0.2, 0.25) is 0 Å². The highest BCUT2D eigenvalue weighted by atomic mass is 19.4. The zero-order chi connectivity index (χ0) is 15.3. The fourth-order valence-corrected chi connectivity index (χ4v) is 1.73. The van der Waals surface area contributed by atoms with Crippen LogP contribution in [-0.2, 0) is 13.0 Å². The van der Waals surface area contributed by atoms with Crippen molar-refractivity contribution in [3.05, 3.63) is 47.9 Å². The molecule has 0 atom stereocenters. The summed E-state index contributed by atoms with van der Waals surface area (Å²) in [5, 5.41) is 3.13. The standard InChI is InChI=1S/C15H16F3NO2/c1-2-12-7-8-14(21-12)9-19-11-3-5-13(6-4-11)20-10-15(16,17)18/h3-8,19H,2,9-10H2,1H3. The molecule has 0 saturated heterocycles. The van der Waals surface area contributed by atoms with Gasteiger partial charge < -0.3 is 14.5 Å². The monoisotopic (exact) mass is 299 g/mol. The number of hydrogen-bond acceptors (Lipinski definition) is 3. The summed E-state index contributed by atoms with van der Waals surface area (Å²) in [5.74, 6) is 1.91. The zero-order valence-electron chi connectivity index (χ0n) is 11.5. The third-order valence-corrected chi connectivity index (χ3v) is 2.79. The van der Waals surface area contributed by atoms with Crippen LogP contribution in [0.1, 0.15) is 18.4 Å². The molecule has 3 nitrogen and oxygen atoms in total. The molecule has 1 aromatic heterocycles. The van der Waals surface area contributed by atoms with Gasteiger partial charge in [0.1, 0.15) is 17.3 Å². The van der Waals surface area contributed by atoms with Crippen LogP contribution in [0.2, 0.25) is 0 Å². The summed E-state index contributed by atoms with van der Waals surface area (Å²) in [6.07, 6.45) is -3.49. The summed E-state index contributed by atoms with van der Waals surface area (Å²) in [4.78, 5) is 0. The molecule has 21 heavy (non-hydrogen) atoms. The Kier molecular flexibility index (Phi) is 4.77. The molecule has 0 radical (unpaired) electrons. The average molecular weight is 299 g/mol. The number of rotatable bonds is 6. The van der Waals surface area contributed by atoms with E-state index < -0.39 is 12.8 Å². The largest absolute Gasteiger partial charge is 0.484 e. The van der Waals surface area contributed by atoms with E-state index in [4.69, 9.17) is 4.42 Å².